The highest BCUT2D eigenvalue weighted by atomic mass is 16.5. The van der Waals surface area contributed by atoms with Crippen molar-refractivity contribution in [2.24, 2.45) is 5.41 Å². The number of carbonyl (C=O) groups is 2. The number of likely N-dealkylation sites (tertiary alicyclic amines) is 2. The molecule has 132 valence electrons. The topological polar surface area (TPSA) is 93.7 Å². The van der Waals surface area contributed by atoms with Crippen LogP contribution in [-0.4, -0.2) is 71.3 Å². The smallest absolute Gasteiger partial charge is 0.244 e. The fraction of sp³-hybridized carbons (Fsp3) is 0.688. The molecular weight excluding hydrogens is 310 g/mol. The third-order valence-corrected chi connectivity index (χ3v) is 5.09. The molecule has 1 aromatic heterocycles. The maximum Gasteiger partial charge on any atom is 0.244 e. The minimum Gasteiger partial charge on any atom is -0.384 e. The van der Waals surface area contributed by atoms with Gasteiger partial charge in [-0.3, -0.25) is 9.59 Å². The molecule has 24 heavy (non-hydrogen) atoms. The molecule has 8 heteroatoms. The zero-order chi connectivity index (χ0) is 17.3. The third kappa shape index (κ3) is 2.98. The molecule has 3 heterocycles. The largest absolute Gasteiger partial charge is 0.384 e. The van der Waals surface area contributed by atoms with Gasteiger partial charge in [0, 0.05) is 39.4 Å². The van der Waals surface area contributed by atoms with Crippen LogP contribution in [0, 0.1) is 12.3 Å². The average molecular weight is 335 g/mol. The van der Waals surface area contributed by atoms with Gasteiger partial charge in [0.05, 0.1) is 17.7 Å². The number of aromatic nitrogens is 2. The van der Waals surface area contributed by atoms with Gasteiger partial charge in [0.1, 0.15) is 12.4 Å². The molecule has 1 spiro atoms. The van der Waals surface area contributed by atoms with E-state index in [0.29, 0.717) is 32.1 Å². The summed E-state index contributed by atoms with van der Waals surface area (Å²) in [5.74, 6) is 0.603. The first-order valence-corrected chi connectivity index (χ1v) is 8.31. The molecule has 1 aromatic rings. The standard InChI is InChI=1S/C16H25N5O3/c1-12-9-13(17)21(18-12)10-14(22)20-6-4-16(11-20)3-5-19(15(16)23)7-8-24-2/h9H,3-8,10-11,17H2,1-2H3. The number of nitrogen functional groups attached to an aromatic ring is 1. The Hall–Kier alpha value is -2.09. The van der Waals surface area contributed by atoms with Gasteiger partial charge >= 0.3 is 0 Å². The third-order valence-electron chi connectivity index (χ3n) is 5.09. The number of aryl methyl sites for hydroxylation is 1. The van der Waals surface area contributed by atoms with Crippen molar-refractivity contribution in [3.8, 4) is 0 Å². The lowest BCUT2D eigenvalue weighted by Crippen LogP contribution is -2.40. The maximum atomic E-state index is 12.7. The van der Waals surface area contributed by atoms with Crippen molar-refractivity contribution in [2.45, 2.75) is 26.3 Å². The minimum atomic E-state index is -0.408. The molecule has 1 atom stereocenters. The van der Waals surface area contributed by atoms with Gasteiger partial charge in [0.15, 0.2) is 0 Å². The van der Waals surface area contributed by atoms with Crippen LogP contribution in [0.15, 0.2) is 6.07 Å². The van der Waals surface area contributed by atoms with Gasteiger partial charge in [-0.2, -0.15) is 5.10 Å². The van der Waals surface area contributed by atoms with Crippen LogP contribution in [0.5, 0.6) is 0 Å². The minimum absolute atomic E-state index is 0.0372. The number of anilines is 1. The van der Waals surface area contributed by atoms with E-state index in [0.717, 1.165) is 25.1 Å². The van der Waals surface area contributed by atoms with Gasteiger partial charge in [0.25, 0.3) is 0 Å². The summed E-state index contributed by atoms with van der Waals surface area (Å²) in [5.41, 5.74) is 6.23. The van der Waals surface area contributed by atoms with E-state index in [1.54, 1.807) is 18.1 Å². The highest BCUT2D eigenvalue weighted by molar-refractivity contribution is 5.87. The Morgan fingerprint density at radius 1 is 1.42 bits per heavy atom. The molecule has 2 fully saturated rings. The van der Waals surface area contributed by atoms with E-state index < -0.39 is 5.41 Å². The molecule has 0 saturated carbocycles. The highest BCUT2D eigenvalue weighted by Gasteiger charge is 2.51. The summed E-state index contributed by atoms with van der Waals surface area (Å²) >= 11 is 0. The predicted molar refractivity (Wildman–Crippen MR) is 88.1 cm³/mol. The van der Waals surface area contributed by atoms with E-state index in [-0.39, 0.29) is 18.4 Å². The summed E-state index contributed by atoms with van der Waals surface area (Å²) in [7, 11) is 1.63. The van der Waals surface area contributed by atoms with Crippen molar-refractivity contribution < 1.29 is 14.3 Å². The first-order valence-electron chi connectivity index (χ1n) is 8.31. The highest BCUT2D eigenvalue weighted by Crippen LogP contribution is 2.40. The molecule has 0 aromatic carbocycles. The van der Waals surface area contributed by atoms with Crippen LogP contribution in [0.2, 0.25) is 0 Å². The van der Waals surface area contributed by atoms with Gasteiger partial charge < -0.3 is 20.3 Å². The Morgan fingerprint density at radius 3 is 2.83 bits per heavy atom. The van der Waals surface area contributed by atoms with Crippen molar-refractivity contribution in [3.05, 3.63) is 11.8 Å². The van der Waals surface area contributed by atoms with E-state index in [4.69, 9.17) is 10.5 Å². The van der Waals surface area contributed by atoms with Crippen molar-refractivity contribution in [1.29, 1.82) is 0 Å². The zero-order valence-electron chi connectivity index (χ0n) is 14.3. The fourth-order valence-corrected chi connectivity index (χ4v) is 3.69. The van der Waals surface area contributed by atoms with Crippen LogP contribution >= 0.6 is 0 Å². The van der Waals surface area contributed by atoms with E-state index >= 15 is 0 Å². The van der Waals surface area contributed by atoms with Gasteiger partial charge in [0.2, 0.25) is 11.8 Å². The average Bonchev–Trinajstić information content (AvgIpc) is 3.20. The summed E-state index contributed by atoms with van der Waals surface area (Å²) in [6.07, 6.45) is 1.54. The molecule has 0 bridgehead atoms. The molecule has 8 nitrogen and oxygen atoms in total. The quantitative estimate of drug-likeness (QED) is 0.809. The van der Waals surface area contributed by atoms with Crippen LogP contribution in [0.25, 0.3) is 0 Å². The van der Waals surface area contributed by atoms with Crippen LogP contribution < -0.4 is 5.73 Å². The van der Waals surface area contributed by atoms with Crippen molar-refractivity contribution in [1.82, 2.24) is 19.6 Å². The predicted octanol–water partition coefficient (Wildman–Crippen LogP) is -0.129. The molecule has 1 unspecified atom stereocenters. The Labute approximate surface area is 141 Å². The number of carbonyl (C=O) groups excluding carboxylic acids is 2. The molecule has 2 aliphatic heterocycles. The number of ether oxygens (including phenoxy) is 1. The first-order chi connectivity index (χ1) is 11.4. The molecule has 0 aliphatic carbocycles. The first kappa shape index (κ1) is 16.8. The summed E-state index contributed by atoms with van der Waals surface area (Å²) in [6.45, 7) is 4.98. The van der Waals surface area contributed by atoms with Crippen molar-refractivity contribution >= 4 is 17.6 Å². The molecule has 2 amide bonds. The van der Waals surface area contributed by atoms with E-state index in [1.165, 1.54) is 4.68 Å². The second-order valence-corrected chi connectivity index (χ2v) is 6.75. The second-order valence-electron chi connectivity index (χ2n) is 6.75. The fourth-order valence-electron chi connectivity index (χ4n) is 3.69. The number of hydrogen-bond donors (Lipinski definition) is 1. The number of nitrogens with zero attached hydrogens (tertiary/aromatic N) is 4. The summed E-state index contributed by atoms with van der Waals surface area (Å²) < 4.78 is 6.58. The molecule has 2 aliphatic rings. The van der Waals surface area contributed by atoms with Crippen molar-refractivity contribution in [3.63, 3.8) is 0 Å². The summed E-state index contributed by atoms with van der Waals surface area (Å²) in [4.78, 5) is 28.9. The Morgan fingerprint density at radius 2 is 2.17 bits per heavy atom. The summed E-state index contributed by atoms with van der Waals surface area (Å²) in [6, 6.07) is 1.74. The Kier molecular flexibility index (Phi) is 4.49. The molecule has 2 N–H and O–H groups in total. The van der Waals surface area contributed by atoms with E-state index in [9.17, 15) is 9.59 Å². The normalized spacial score (nSPS) is 23.7. The van der Waals surface area contributed by atoms with Crippen LogP contribution in [-0.2, 0) is 20.9 Å². The van der Waals surface area contributed by atoms with Crippen LogP contribution in [0.3, 0.4) is 0 Å². The van der Waals surface area contributed by atoms with Gasteiger partial charge in [-0.1, -0.05) is 0 Å². The number of nitrogens with two attached hydrogens (primary N) is 1. The lowest BCUT2D eigenvalue weighted by molar-refractivity contribution is -0.137. The maximum absolute atomic E-state index is 12.7. The second kappa shape index (κ2) is 6.43. The lowest BCUT2D eigenvalue weighted by Gasteiger charge is -2.23. The van der Waals surface area contributed by atoms with Crippen LogP contribution in [0.1, 0.15) is 18.5 Å². The molecule has 0 radical (unpaired) electrons. The SMILES string of the molecule is COCCN1CCC2(CCN(C(=O)Cn3nc(C)cc3N)C2)C1=O. The number of rotatable bonds is 5. The van der Waals surface area contributed by atoms with E-state index in [2.05, 4.69) is 5.10 Å². The van der Waals surface area contributed by atoms with E-state index in [1.807, 2.05) is 11.8 Å². The number of amides is 2. The molecule has 2 saturated heterocycles. The lowest BCUT2D eigenvalue weighted by atomic mass is 9.85. The van der Waals surface area contributed by atoms with Gasteiger partial charge in [-0.25, -0.2) is 4.68 Å². The monoisotopic (exact) mass is 335 g/mol. The van der Waals surface area contributed by atoms with Gasteiger partial charge in [-0.15, -0.1) is 0 Å². The Balaban J connectivity index is 1.62. The van der Waals surface area contributed by atoms with Crippen molar-refractivity contribution in [2.75, 3.05) is 45.6 Å². The molecule has 3 rings (SSSR count). The number of methoxy groups -OCH3 is 1. The Bertz CT molecular complexity index is 644. The molecular formula is C16H25N5O3. The van der Waals surface area contributed by atoms with Crippen LogP contribution in [0.4, 0.5) is 5.82 Å². The summed E-state index contributed by atoms with van der Waals surface area (Å²) in [5, 5.41) is 4.23. The number of hydrogen-bond acceptors (Lipinski definition) is 5. The van der Waals surface area contributed by atoms with Gasteiger partial charge in [-0.05, 0) is 19.8 Å². The zero-order valence-corrected chi connectivity index (χ0v) is 14.3.